The monoisotopic (exact) mass is 448 g/mol. The van der Waals surface area contributed by atoms with Gasteiger partial charge in [0.2, 0.25) is 10.0 Å². The quantitative estimate of drug-likeness (QED) is 0.532. The van der Waals surface area contributed by atoms with Crippen molar-refractivity contribution in [1.29, 1.82) is 0 Å². The molecule has 0 bridgehead atoms. The van der Waals surface area contributed by atoms with Gasteiger partial charge in [-0.25, -0.2) is 13.2 Å². The number of aromatic nitrogens is 1. The molecule has 0 saturated heterocycles. The van der Waals surface area contributed by atoms with Gasteiger partial charge < -0.3 is 4.74 Å². The number of sulfonamides is 1. The minimum atomic E-state index is -3.80. The zero-order valence-corrected chi connectivity index (χ0v) is 18.3. The van der Waals surface area contributed by atoms with Crippen molar-refractivity contribution >= 4 is 50.1 Å². The molecule has 0 saturated carbocycles. The van der Waals surface area contributed by atoms with E-state index < -0.39 is 27.9 Å². The molecule has 30 heavy (non-hydrogen) atoms. The fourth-order valence-electron chi connectivity index (χ4n) is 3.43. The van der Waals surface area contributed by atoms with Gasteiger partial charge in [-0.15, -0.1) is 0 Å². The molecule has 1 aromatic heterocycles. The van der Waals surface area contributed by atoms with Gasteiger partial charge in [0.05, 0.1) is 30.1 Å². The maximum atomic E-state index is 13.5. The van der Waals surface area contributed by atoms with Crippen LogP contribution in [0.15, 0.2) is 54.7 Å². The molecule has 1 atom stereocenters. The molecule has 0 spiro atoms. The molecule has 158 valence electrons. The summed E-state index contributed by atoms with van der Waals surface area (Å²) in [5.41, 5.74) is 1.05. The zero-order chi connectivity index (χ0) is 22.1. The van der Waals surface area contributed by atoms with Crippen molar-refractivity contribution in [3.8, 4) is 0 Å². The highest BCUT2D eigenvalue weighted by Crippen LogP contribution is 2.28. The molecule has 0 N–H and O–H groups in total. The van der Waals surface area contributed by atoms with Crippen LogP contribution < -0.4 is 4.31 Å². The van der Waals surface area contributed by atoms with Gasteiger partial charge in [0.15, 0.2) is 0 Å². The summed E-state index contributed by atoms with van der Waals surface area (Å²) < 4.78 is 32.5. The first-order chi connectivity index (χ1) is 14.2. The van der Waals surface area contributed by atoms with Crippen molar-refractivity contribution in [2.75, 3.05) is 17.7 Å². The number of esters is 1. The molecule has 7 nitrogen and oxygen atoms in total. The number of hydrogen-bond acceptors (Lipinski definition) is 5. The van der Waals surface area contributed by atoms with E-state index in [1.165, 1.54) is 17.9 Å². The predicted molar refractivity (Wildman–Crippen MR) is 117 cm³/mol. The largest absolute Gasteiger partial charge is 0.465 e. The topological polar surface area (TPSA) is 85.7 Å². The summed E-state index contributed by atoms with van der Waals surface area (Å²) in [7, 11) is -2.54. The number of anilines is 1. The fraction of sp³-hybridized carbons (Fsp3) is 0.238. The van der Waals surface area contributed by atoms with Crippen LogP contribution >= 0.6 is 11.6 Å². The lowest BCUT2D eigenvalue weighted by molar-refractivity contribution is 0.0603. The van der Waals surface area contributed by atoms with E-state index in [2.05, 4.69) is 0 Å². The number of methoxy groups -OCH3 is 1. The molecule has 0 fully saturated rings. The van der Waals surface area contributed by atoms with Gasteiger partial charge in [-0.1, -0.05) is 36.7 Å². The summed E-state index contributed by atoms with van der Waals surface area (Å²) in [5, 5.41) is 0.996. The Balaban J connectivity index is 2.16. The molecule has 0 aliphatic rings. The number of rotatable bonds is 6. The Morgan fingerprint density at radius 3 is 2.33 bits per heavy atom. The van der Waals surface area contributed by atoms with Crippen LogP contribution in [0, 0.1) is 0 Å². The van der Waals surface area contributed by atoms with Crippen molar-refractivity contribution in [3.05, 3.63) is 65.3 Å². The second-order valence-electron chi connectivity index (χ2n) is 6.72. The van der Waals surface area contributed by atoms with E-state index in [9.17, 15) is 18.0 Å². The normalized spacial score (nSPS) is 12.5. The SMILES string of the molecule is CC[C@@H](C(=O)n1cc(C(=O)OC)c2ccccc21)N(c1ccc(Cl)cc1)S(C)(=O)=O. The van der Waals surface area contributed by atoms with E-state index in [-0.39, 0.29) is 12.0 Å². The van der Waals surface area contributed by atoms with E-state index in [0.717, 1.165) is 10.6 Å². The van der Waals surface area contributed by atoms with Gasteiger partial charge in [0, 0.05) is 16.6 Å². The number of para-hydroxylation sites is 1. The Morgan fingerprint density at radius 2 is 1.77 bits per heavy atom. The zero-order valence-electron chi connectivity index (χ0n) is 16.7. The molecule has 2 aromatic carbocycles. The number of benzene rings is 2. The van der Waals surface area contributed by atoms with Gasteiger partial charge in [0.25, 0.3) is 5.91 Å². The van der Waals surface area contributed by atoms with Crippen LogP contribution in [0.5, 0.6) is 0 Å². The van der Waals surface area contributed by atoms with Gasteiger partial charge in [-0.3, -0.25) is 13.7 Å². The number of fused-ring (bicyclic) bond motifs is 1. The molecular formula is C21H21ClN2O5S. The number of carbonyl (C=O) groups is 2. The summed E-state index contributed by atoms with van der Waals surface area (Å²) in [6.07, 6.45) is 2.66. The van der Waals surface area contributed by atoms with Crippen LogP contribution in [-0.4, -0.2) is 44.3 Å². The van der Waals surface area contributed by atoms with Gasteiger partial charge >= 0.3 is 5.97 Å². The molecule has 3 rings (SSSR count). The number of nitrogens with zero attached hydrogens (tertiary/aromatic N) is 2. The van der Waals surface area contributed by atoms with Crippen molar-refractivity contribution in [2.45, 2.75) is 19.4 Å². The molecule has 0 radical (unpaired) electrons. The van der Waals surface area contributed by atoms with Crippen LogP contribution in [-0.2, 0) is 14.8 Å². The molecule has 1 heterocycles. The first-order valence-corrected chi connectivity index (χ1v) is 11.4. The van der Waals surface area contributed by atoms with Crippen LogP contribution in [0.2, 0.25) is 5.02 Å². The van der Waals surface area contributed by atoms with Crippen molar-refractivity contribution in [1.82, 2.24) is 4.57 Å². The molecule has 0 aliphatic heterocycles. The Hall–Kier alpha value is -2.84. The van der Waals surface area contributed by atoms with Crippen molar-refractivity contribution in [3.63, 3.8) is 0 Å². The standard InChI is InChI=1S/C21H21ClN2O5S/c1-4-18(24(30(3,27)28)15-11-9-14(22)10-12-15)20(25)23-13-17(21(26)29-2)16-7-5-6-8-19(16)23/h5-13,18H,4H2,1-3H3/t18-/m0/s1. The van der Waals surface area contributed by atoms with Crippen molar-refractivity contribution in [2.24, 2.45) is 0 Å². The number of hydrogen-bond donors (Lipinski definition) is 0. The number of halogens is 1. The highest BCUT2D eigenvalue weighted by Gasteiger charge is 2.33. The summed E-state index contributed by atoms with van der Waals surface area (Å²) >= 11 is 5.93. The van der Waals surface area contributed by atoms with E-state index in [1.54, 1.807) is 55.5 Å². The molecule has 0 aliphatic carbocycles. The molecule has 3 aromatic rings. The van der Waals surface area contributed by atoms with E-state index in [4.69, 9.17) is 16.3 Å². The van der Waals surface area contributed by atoms with Crippen LogP contribution in [0.3, 0.4) is 0 Å². The van der Waals surface area contributed by atoms with Gasteiger partial charge in [-0.2, -0.15) is 0 Å². The fourth-order valence-corrected chi connectivity index (χ4v) is 4.76. The van der Waals surface area contributed by atoms with Crippen LogP contribution in [0.1, 0.15) is 28.5 Å². The minimum Gasteiger partial charge on any atom is -0.465 e. The van der Waals surface area contributed by atoms with E-state index >= 15 is 0 Å². The Kier molecular flexibility index (Phi) is 6.19. The summed E-state index contributed by atoms with van der Waals surface area (Å²) in [6.45, 7) is 1.73. The summed E-state index contributed by atoms with van der Waals surface area (Å²) in [5.74, 6) is -1.06. The predicted octanol–water partition coefficient (Wildman–Crippen LogP) is 3.97. The van der Waals surface area contributed by atoms with Gasteiger partial charge in [0.1, 0.15) is 6.04 Å². The second kappa shape index (κ2) is 8.49. The Bertz CT molecular complexity index is 1200. The third-order valence-electron chi connectivity index (χ3n) is 4.75. The number of ether oxygens (including phenoxy) is 1. The Labute approximate surface area is 179 Å². The minimum absolute atomic E-state index is 0.217. The third kappa shape index (κ3) is 4.06. The molecule has 9 heteroatoms. The second-order valence-corrected chi connectivity index (χ2v) is 9.01. The lowest BCUT2D eigenvalue weighted by Crippen LogP contribution is -2.46. The maximum absolute atomic E-state index is 13.5. The molecular weight excluding hydrogens is 428 g/mol. The molecule has 0 unspecified atom stereocenters. The smallest absolute Gasteiger partial charge is 0.340 e. The first-order valence-electron chi connectivity index (χ1n) is 9.16. The number of carbonyl (C=O) groups excluding carboxylic acids is 2. The van der Waals surface area contributed by atoms with E-state index in [1.807, 2.05) is 0 Å². The molecule has 0 amide bonds. The first kappa shape index (κ1) is 21.9. The highest BCUT2D eigenvalue weighted by molar-refractivity contribution is 7.92. The maximum Gasteiger partial charge on any atom is 0.340 e. The highest BCUT2D eigenvalue weighted by atomic mass is 35.5. The lowest BCUT2D eigenvalue weighted by atomic mass is 10.1. The van der Waals surface area contributed by atoms with Crippen LogP contribution in [0.4, 0.5) is 5.69 Å². The summed E-state index contributed by atoms with van der Waals surface area (Å²) in [6, 6.07) is 12.1. The Morgan fingerprint density at radius 1 is 1.13 bits per heavy atom. The van der Waals surface area contributed by atoms with Crippen molar-refractivity contribution < 1.29 is 22.7 Å². The van der Waals surface area contributed by atoms with Crippen LogP contribution in [0.25, 0.3) is 10.9 Å². The third-order valence-corrected chi connectivity index (χ3v) is 6.18. The average Bonchev–Trinajstić information content (AvgIpc) is 3.10. The van der Waals surface area contributed by atoms with Gasteiger partial charge in [-0.05, 0) is 36.8 Å². The average molecular weight is 449 g/mol. The summed E-state index contributed by atoms with van der Waals surface area (Å²) in [4.78, 5) is 25.7. The van der Waals surface area contributed by atoms with E-state index in [0.29, 0.717) is 21.6 Å². The lowest BCUT2D eigenvalue weighted by Gasteiger charge is -2.30.